The summed E-state index contributed by atoms with van der Waals surface area (Å²) in [6, 6.07) is 5.74. The molecule has 0 saturated heterocycles. The number of anilines is 1. The predicted octanol–water partition coefficient (Wildman–Crippen LogP) is 2.94. The smallest absolute Gasteiger partial charge is 0.301 e. The number of benzene rings is 1. The van der Waals surface area contributed by atoms with Crippen LogP contribution >= 0.6 is 11.6 Å². The number of amidine groups is 1. The van der Waals surface area contributed by atoms with Gasteiger partial charge < -0.3 is 4.42 Å². The summed E-state index contributed by atoms with van der Waals surface area (Å²) in [5.74, 6) is 0.743. The Labute approximate surface area is 92.0 Å². The molecule has 0 aliphatic rings. The lowest BCUT2D eigenvalue weighted by Crippen LogP contribution is -2.06. The molecule has 0 fully saturated rings. The summed E-state index contributed by atoms with van der Waals surface area (Å²) in [4.78, 5) is 8.18. The molecule has 1 aromatic heterocycles. The van der Waals surface area contributed by atoms with Gasteiger partial charge in [0.25, 0.3) is 0 Å². The second kappa shape index (κ2) is 3.90. The number of halogens is 1. The maximum atomic E-state index is 5.83. The van der Waals surface area contributed by atoms with Crippen molar-refractivity contribution in [1.29, 1.82) is 0 Å². The van der Waals surface area contributed by atoms with Crippen molar-refractivity contribution in [2.24, 2.45) is 4.99 Å². The highest BCUT2D eigenvalue weighted by Crippen LogP contribution is 2.22. The first kappa shape index (κ1) is 9.98. The largest absolute Gasteiger partial charge is 0.423 e. The molecule has 0 radical (unpaired) electrons. The summed E-state index contributed by atoms with van der Waals surface area (Å²) < 4.78 is 5.43. The third-order valence-corrected chi connectivity index (χ3v) is 2.21. The van der Waals surface area contributed by atoms with Crippen LogP contribution in [0.3, 0.4) is 0 Å². The number of hydrogen-bond acceptors (Lipinski definition) is 3. The minimum atomic E-state index is 0.426. The van der Waals surface area contributed by atoms with Crippen molar-refractivity contribution in [1.82, 2.24) is 4.98 Å². The van der Waals surface area contributed by atoms with Crippen molar-refractivity contribution in [3.63, 3.8) is 0 Å². The first-order valence-electron chi connectivity index (χ1n) is 4.45. The molecule has 0 spiro atoms. The lowest BCUT2D eigenvalue weighted by molar-refractivity contribution is 0.624. The zero-order valence-corrected chi connectivity index (χ0v) is 9.17. The van der Waals surface area contributed by atoms with E-state index in [9.17, 15) is 0 Å². The van der Waals surface area contributed by atoms with Crippen LogP contribution in [-0.4, -0.2) is 17.9 Å². The summed E-state index contributed by atoms with van der Waals surface area (Å²) in [7, 11) is 1.70. The molecule has 0 saturated carbocycles. The van der Waals surface area contributed by atoms with Gasteiger partial charge in [-0.15, -0.1) is 0 Å². The maximum absolute atomic E-state index is 5.83. The van der Waals surface area contributed by atoms with Gasteiger partial charge in [0.1, 0.15) is 11.4 Å². The van der Waals surface area contributed by atoms with Crippen molar-refractivity contribution in [3.8, 4) is 0 Å². The summed E-state index contributed by atoms with van der Waals surface area (Å²) >= 11 is 5.83. The normalized spacial score (nSPS) is 12.1. The fourth-order valence-corrected chi connectivity index (χ4v) is 1.32. The van der Waals surface area contributed by atoms with E-state index in [1.807, 2.05) is 13.0 Å². The Kier molecular flexibility index (Phi) is 2.60. The van der Waals surface area contributed by atoms with E-state index in [4.69, 9.17) is 16.0 Å². The Balaban J connectivity index is 2.39. The highest BCUT2D eigenvalue weighted by atomic mass is 35.5. The first-order valence-corrected chi connectivity index (χ1v) is 4.83. The summed E-state index contributed by atoms with van der Waals surface area (Å²) in [6.07, 6.45) is 0. The van der Waals surface area contributed by atoms with Gasteiger partial charge in [0, 0.05) is 18.1 Å². The van der Waals surface area contributed by atoms with Gasteiger partial charge in [-0.1, -0.05) is 11.6 Å². The van der Waals surface area contributed by atoms with Gasteiger partial charge in [0.05, 0.1) is 0 Å². The third-order valence-electron chi connectivity index (χ3n) is 1.97. The molecular formula is C10H10ClN3O. The van der Waals surface area contributed by atoms with Crippen LogP contribution in [-0.2, 0) is 0 Å². The van der Waals surface area contributed by atoms with E-state index < -0.39 is 0 Å². The molecule has 0 atom stereocenters. The zero-order valence-electron chi connectivity index (χ0n) is 8.41. The molecule has 0 aliphatic heterocycles. The molecule has 5 heteroatoms. The standard InChI is InChI=1S/C10H10ClN3O/c1-6(12-2)13-10-14-8-4-3-7(11)5-9(8)15-10/h3-5H,1-2H3,(H,12,13,14). The van der Waals surface area contributed by atoms with Gasteiger partial charge >= 0.3 is 6.01 Å². The van der Waals surface area contributed by atoms with Crippen molar-refractivity contribution in [2.45, 2.75) is 6.92 Å². The van der Waals surface area contributed by atoms with E-state index in [2.05, 4.69) is 15.3 Å². The highest BCUT2D eigenvalue weighted by molar-refractivity contribution is 6.31. The topological polar surface area (TPSA) is 50.4 Å². The van der Waals surface area contributed by atoms with Gasteiger partial charge in [-0.25, -0.2) is 0 Å². The lowest BCUT2D eigenvalue weighted by Gasteiger charge is -1.96. The van der Waals surface area contributed by atoms with Crippen LogP contribution in [0.2, 0.25) is 5.02 Å². The van der Waals surface area contributed by atoms with Gasteiger partial charge in [-0.2, -0.15) is 4.98 Å². The van der Waals surface area contributed by atoms with Gasteiger partial charge in [0.15, 0.2) is 5.58 Å². The number of nitrogens with one attached hydrogen (secondary N) is 1. The Morgan fingerprint density at radius 3 is 3.07 bits per heavy atom. The number of oxazole rings is 1. The Morgan fingerprint density at radius 2 is 2.33 bits per heavy atom. The van der Waals surface area contributed by atoms with Crippen molar-refractivity contribution < 1.29 is 4.42 Å². The quantitative estimate of drug-likeness (QED) is 0.597. The van der Waals surface area contributed by atoms with Gasteiger partial charge in [0.2, 0.25) is 0 Å². The van der Waals surface area contributed by atoms with Crippen LogP contribution < -0.4 is 5.32 Å². The van der Waals surface area contributed by atoms with Crippen molar-refractivity contribution in [3.05, 3.63) is 23.2 Å². The van der Waals surface area contributed by atoms with E-state index in [0.717, 1.165) is 11.4 Å². The summed E-state index contributed by atoms with van der Waals surface area (Å²) in [6.45, 7) is 1.84. The number of rotatable bonds is 1. The second-order valence-electron chi connectivity index (χ2n) is 3.07. The summed E-state index contributed by atoms with van der Waals surface area (Å²) in [5.41, 5.74) is 1.43. The van der Waals surface area contributed by atoms with Crippen LogP contribution in [0.4, 0.5) is 6.01 Å². The molecule has 0 aliphatic carbocycles. The highest BCUT2D eigenvalue weighted by Gasteiger charge is 2.05. The number of aliphatic imine (C=N–C) groups is 1. The SMILES string of the molecule is CN=C(C)Nc1nc2ccc(Cl)cc2o1. The molecule has 0 bridgehead atoms. The van der Waals surface area contributed by atoms with Gasteiger partial charge in [-0.3, -0.25) is 10.3 Å². The molecule has 15 heavy (non-hydrogen) atoms. The molecule has 0 amide bonds. The van der Waals surface area contributed by atoms with Crippen LogP contribution in [0, 0.1) is 0 Å². The lowest BCUT2D eigenvalue weighted by atomic mass is 10.3. The third kappa shape index (κ3) is 2.10. The molecule has 0 unspecified atom stereocenters. The predicted molar refractivity (Wildman–Crippen MR) is 61.7 cm³/mol. The zero-order chi connectivity index (χ0) is 10.8. The number of hydrogen-bond donors (Lipinski definition) is 1. The number of fused-ring (bicyclic) bond motifs is 1. The molecular weight excluding hydrogens is 214 g/mol. The molecule has 1 N–H and O–H groups in total. The van der Waals surface area contributed by atoms with E-state index in [1.165, 1.54) is 0 Å². The second-order valence-corrected chi connectivity index (χ2v) is 3.50. The molecule has 2 aromatic rings. The van der Waals surface area contributed by atoms with Crippen LogP contribution in [0.25, 0.3) is 11.1 Å². The molecule has 2 rings (SSSR count). The van der Waals surface area contributed by atoms with Crippen LogP contribution in [0.1, 0.15) is 6.92 Å². The average Bonchev–Trinajstić information content (AvgIpc) is 2.59. The van der Waals surface area contributed by atoms with Crippen molar-refractivity contribution >= 4 is 34.6 Å². The van der Waals surface area contributed by atoms with Gasteiger partial charge in [-0.05, 0) is 19.1 Å². The van der Waals surface area contributed by atoms with Crippen molar-refractivity contribution in [2.75, 3.05) is 12.4 Å². The fourth-order valence-electron chi connectivity index (χ4n) is 1.16. The number of nitrogens with zero attached hydrogens (tertiary/aromatic N) is 2. The number of aromatic nitrogens is 1. The molecule has 4 nitrogen and oxygen atoms in total. The Bertz CT molecular complexity index is 518. The van der Waals surface area contributed by atoms with E-state index >= 15 is 0 Å². The maximum Gasteiger partial charge on any atom is 0.301 e. The molecule has 78 valence electrons. The fraction of sp³-hybridized carbons (Fsp3) is 0.200. The first-order chi connectivity index (χ1) is 7.19. The van der Waals surface area contributed by atoms with E-state index in [1.54, 1.807) is 19.2 Å². The summed E-state index contributed by atoms with van der Waals surface area (Å²) in [5, 5.41) is 3.56. The molecule has 1 aromatic carbocycles. The Morgan fingerprint density at radius 1 is 1.53 bits per heavy atom. The Hall–Kier alpha value is -1.55. The molecule has 1 heterocycles. The minimum Gasteiger partial charge on any atom is -0.423 e. The van der Waals surface area contributed by atoms with E-state index in [-0.39, 0.29) is 0 Å². The minimum absolute atomic E-state index is 0.426. The average molecular weight is 224 g/mol. The van der Waals surface area contributed by atoms with Crippen LogP contribution in [0.5, 0.6) is 0 Å². The monoisotopic (exact) mass is 223 g/mol. The van der Waals surface area contributed by atoms with Crippen LogP contribution in [0.15, 0.2) is 27.6 Å². The van der Waals surface area contributed by atoms with E-state index in [0.29, 0.717) is 16.6 Å².